The SMILES string of the molecule is CN(Cc1ccccc1F)C(=O)C[NH+]1CCN(S(=O)(=O)Cc2ccccc2)CC1. The van der Waals surface area contributed by atoms with E-state index in [1.54, 1.807) is 25.2 Å². The number of amides is 1. The van der Waals surface area contributed by atoms with E-state index < -0.39 is 10.0 Å². The minimum absolute atomic E-state index is 0.00647. The minimum atomic E-state index is -3.37. The summed E-state index contributed by atoms with van der Waals surface area (Å²) < 4.78 is 40.6. The highest BCUT2D eigenvalue weighted by atomic mass is 32.2. The van der Waals surface area contributed by atoms with Crippen LogP contribution in [-0.4, -0.2) is 63.3 Å². The number of likely N-dealkylation sites (N-methyl/N-ethyl adjacent to an activating group) is 1. The standard InChI is InChI=1S/C21H26FN3O3S/c1-23(15-19-9-5-6-10-20(19)22)21(26)16-24-11-13-25(14-12-24)29(27,28)17-18-7-3-2-4-8-18/h2-10H,11-17H2,1H3/p+1. The molecule has 1 heterocycles. The number of rotatable bonds is 7. The molecule has 1 N–H and O–H groups in total. The van der Waals surface area contributed by atoms with Crippen molar-refractivity contribution in [2.45, 2.75) is 12.3 Å². The molecule has 2 aromatic carbocycles. The molecule has 0 bridgehead atoms. The third-order valence-corrected chi connectivity index (χ3v) is 7.06. The number of hydrogen-bond acceptors (Lipinski definition) is 3. The minimum Gasteiger partial charge on any atom is -0.336 e. The number of halogens is 1. The highest BCUT2D eigenvalue weighted by Crippen LogP contribution is 2.11. The van der Waals surface area contributed by atoms with Crippen molar-refractivity contribution in [3.05, 3.63) is 71.5 Å². The predicted octanol–water partition coefficient (Wildman–Crippen LogP) is 0.515. The van der Waals surface area contributed by atoms with E-state index >= 15 is 0 Å². The lowest BCUT2D eigenvalue weighted by Crippen LogP contribution is -3.15. The van der Waals surface area contributed by atoms with Crippen LogP contribution in [0.15, 0.2) is 54.6 Å². The Bertz CT molecular complexity index is 929. The number of nitrogens with zero attached hydrogens (tertiary/aromatic N) is 2. The third-order valence-electron chi connectivity index (χ3n) is 5.21. The quantitative estimate of drug-likeness (QED) is 0.710. The van der Waals surface area contributed by atoms with Crippen LogP contribution in [0.4, 0.5) is 4.39 Å². The van der Waals surface area contributed by atoms with Gasteiger partial charge in [0.1, 0.15) is 5.82 Å². The second kappa shape index (κ2) is 9.47. The molecule has 1 amide bonds. The molecular weight excluding hydrogens is 393 g/mol. The fraction of sp³-hybridized carbons (Fsp3) is 0.381. The molecule has 0 aliphatic carbocycles. The lowest BCUT2D eigenvalue weighted by Gasteiger charge is -2.32. The summed E-state index contributed by atoms with van der Waals surface area (Å²) in [6.07, 6.45) is 0. The Hall–Kier alpha value is -2.29. The maximum Gasteiger partial charge on any atom is 0.277 e. The van der Waals surface area contributed by atoms with E-state index in [9.17, 15) is 17.6 Å². The Morgan fingerprint density at radius 1 is 1.07 bits per heavy atom. The van der Waals surface area contributed by atoms with E-state index in [1.165, 1.54) is 15.3 Å². The number of quaternary nitrogens is 1. The molecule has 0 atom stereocenters. The van der Waals surface area contributed by atoms with Crippen LogP contribution in [-0.2, 0) is 27.1 Å². The maximum absolute atomic E-state index is 13.8. The number of hydrogen-bond donors (Lipinski definition) is 1. The second-order valence-corrected chi connectivity index (χ2v) is 9.38. The van der Waals surface area contributed by atoms with Gasteiger partial charge in [-0.1, -0.05) is 48.5 Å². The molecule has 6 nitrogen and oxygen atoms in total. The van der Waals surface area contributed by atoms with Crippen molar-refractivity contribution in [1.82, 2.24) is 9.21 Å². The Balaban J connectivity index is 1.49. The molecule has 0 saturated carbocycles. The Morgan fingerprint density at radius 2 is 1.69 bits per heavy atom. The molecule has 0 radical (unpaired) electrons. The molecule has 1 aliphatic rings. The zero-order chi connectivity index (χ0) is 20.9. The second-order valence-electron chi connectivity index (χ2n) is 7.41. The van der Waals surface area contributed by atoms with E-state index in [4.69, 9.17) is 0 Å². The molecule has 156 valence electrons. The lowest BCUT2D eigenvalue weighted by molar-refractivity contribution is -0.896. The zero-order valence-electron chi connectivity index (χ0n) is 16.6. The largest absolute Gasteiger partial charge is 0.336 e. The van der Waals surface area contributed by atoms with Gasteiger partial charge in [0.25, 0.3) is 5.91 Å². The van der Waals surface area contributed by atoms with Crippen LogP contribution in [0.5, 0.6) is 0 Å². The number of carbonyl (C=O) groups excluding carboxylic acids is 1. The summed E-state index contributed by atoms with van der Waals surface area (Å²) in [4.78, 5) is 15.1. The van der Waals surface area contributed by atoms with Crippen molar-refractivity contribution < 1.29 is 22.5 Å². The highest BCUT2D eigenvalue weighted by Gasteiger charge is 2.30. The van der Waals surface area contributed by atoms with E-state index in [2.05, 4.69) is 0 Å². The highest BCUT2D eigenvalue weighted by molar-refractivity contribution is 7.88. The smallest absolute Gasteiger partial charge is 0.277 e. The average Bonchev–Trinajstić information content (AvgIpc) is 2.70. The monoisotopic (exact) mass is 420 g/mol. The first-order valence-corrected chi connectivity index (χ1v) is 11.3. The zero-order valence-corrected chi connectivity index (χ0v) is 17.4. The Kier molecular flexibility index (Phi) is 7.00. The van der Waals surface area contributed by atoms with Crippen LogP contribution in [0.25, 0.3) is 0 Å². The fourth-order valence-electron chi connectivity index (χ4n) is 3.45. The van der Waals surface area contributed by atoms with Gasteiger partial charge in [0.2, 0.25) is 10.0 Å². The summed E-state index contributed by atoms with van der Waals surface area (Å²) in [6, 6.07) is 15.6. The molecule has 29 heavy (non-hydrogen) atoms. The van der Waals surface area contributed by atoms with Crippen LogP contribution in [0, 0.1) is 5.82 Å². The van der Waals surface area contributed by atoms with Crippen LogP contribution in [0.3, 0.4) is 0 Å². The van der Waals surface area contributed by atoms with E-state index in [0.29, 0.717) is 31.7 Å². The van der Waals surface area contributed by atoms with Crippen LogP contribution in [0.1, 0.15) is 11.1 Å². The first kappa shape index (κ1) is 21.4. The number of carbonyl (C=O) groups is 1. The maximum atomic E-state index is 13.8. The first-order chi connectivity index (χ1) is 13.8. The molecule has 0 spiro atoms. The van der Waals surface area contributed by atoms with E-state index in [0.717, 1.165) is 10.5 Å². The van der Waals surface area contributed by atoms with Crippen LogP contribution in [0.2, 0.25) is 0 Å². The predicted molar refractivity (Wildman–Crippen MR) is 109 cm³/mol. The number of sulfonamides is 1. The number of nitrogens with one attached hydrogen (secondary N) is 1. The Labute approximate surface area is 171 Å². The molecule has 2 aromatic rings. The van der Waals surface area contributed by atoms with Crippen molar-refractivity contribution in [2.24, 2.45) is 0 Å². The third kappa shape index (κ3) is 5.85. The van der Waals surface area contributed by atoms with Gasteiger partial charge in [0.15, 0.2) is 6.54 Å². The molecule has 0 unspecified atom stereocenters. The summed E-state index contributed by atoms with van der Waals surface area (Å²) in [5.74, 6) is -0.409. The fourth-order valence-corrected chi connectivity index (χ4v) is 4.99. The van der Waals surface area contributed by atoms with E-state index in [1.807, 2.05) is 30.3 Å². The summed E-state index contributed by atoms with van der Waals surface area (Å²) >= 11 is 0. The van der Waals surface area contributed by atoms with E-state index in [-0.39, 0.29) is 30.6 Å². The lowest BCUT2D eigenvalue weighted by atomic mass is 10.2. The number of piperazine rings is 1. The molecule has 8 heteroatoms. The average molecular weight is 421 g/mol. The summed E-state index contributed by atoms with van der Waals surface area (Å²) in [6.45, 7) is 2.44. The van der Waals surface area contributed by atoms with Gasteiger partial charge in [-0.15, -0.1) is 0 Å². The van der Waals surface area contributed by atoms with Gasteiger partial charge in [-0.2, -0.15) is 4.31 Å². The van der Waals surface area contributed by atoms with Gasteiger partial charge in [0, 0.05) is 19.2 Å². The summed E-state index contributed by atoms with van der Waals surface area (Å²) in [5, 5.41) is 0. The van der Waals surface area contributed by atoms with Gasteiger partial charge < -0.3 is 9.80 Å². The van der Waals surface area contributed by atoms with Gasteiger partial charge in [-0.25, -0.2) is 12.8 Å². The van der Waals surface area contributed by atoms with Gasteiger partial charge in [-0.3, -0.25) is 4.79 Å². The van der Waals surface area contributed by atoms with Crippen LogP contribution >= 0.6 is 0 Å². The van der Waals surface area contributed by atoms with Crippen molar-refractivity contribution in [2.75, 3.05) is 39.8 Å². The van der Waals surface area contributed by atoms with Gasteiger partial charge in [-0.05, 0) is 11.6 Å². The van der Waals surface area contributed by atoms with Crippen molar-refractivity contribution in [3.63, 3.8) is 0 Å². The first-order valence-electron chi connectivity index (χ1n) is 9.68. The van der Waals surface area contributed by atoms with Gasteiger partial charge in [0.05, 0.1) is 31.9 Å². The van der Waals surface area contributed by atoms with Crippen LogP contribution < -0.4 is 4.90 Å². The molecule has 1 saturated heterocycles. The normalized spacial score (nSPS) is 15.9. The molecule has 3 rings (SSSR count). The van der Waals surface area contributed by atoms with Crippen molar-refractivity contribution in [1.29, 1.82) is 0 Å². The molecule has 1 fully saturated rings. The Morgan fingerprint density at radius 3 is 2.34 bits per heavy atom. The molecular formula is C21H27FN3O3S+. The molecule has 1 aliphatic heterocycles. The topological polar surface area (TPSA) is 62.1 Å². The summed E-state index contributed by atoms with van der Waals surface area (Å²) in [5.41, 5.74) is 1.25. The molecule has 0 aromatic heterocycles. The van der Waals surface area contributed by atoms with Gasteiger partial charge >= 0.3 is 0 Å². The van der Waals surface area contributed by atoms with Crippen molar-refractivity contribution in [3.8, 4) is 0 Å². The van der Waals surface area contributed by atoms with Crippen molar-refractivity contribution >= 4 is 15.9 Å². The number of benzene rings is 2. The summed E-state index contributed by atoms with van der Waals surface area (Å²) in [7, 11) is -1.71.